The number of nitrogens with zero attached hydrogens (tertiary/aromatic N) is 2. The van der Waals surface area contributed by atoms with Crippen LogP contribution in [0.25, 0.3) is 0 Å². The topological polar surface area (TPSA) is 57.7 Å². The van der Waals surface area contributed by atoms with E-state index in [1.165, 1.54) is 4.31 Å². The van der Waals surface area contributed by atoms with Gasteiger partial charge >= 0.3 is 0 Å². The van der Waals surface area contributed by atoms with Crippen molar-refractivity contribution >= 4 is 15.9 Å². The molecule has 0 saturated carbocycles. The predicted octanol–water partition coefficient (Wildman–Crippen LogP) is 5.77. The molecular formula is C32H34N2O3S. The molecule has 0 spiro atoms. The Balaban J connectivity index is 1.64. The van der Waals surface area contributed by atoms with Crippen molar-refractivity contribution in [3.63, 3.8) is 0 Å². The summed E-state index contributed by atoms with van der Waals surface area (Å²) >= 11 is 0. The first-order valence-electron chi connectivity index (χ1n) is 12.8. The third-order valence-corrected chi connectivity index (χ3v) is 8.54. The van der Waals surface area contributed by atoms with Gasteiger partial charge in [0.2, 0.25) is 15.9 Å². The molecule has 0 aliphatic heterocycles. The fourth-order valence-electron chi connectivity index (χ4n) is 4.40. The van der Waals surface area contributed by atoms with E-state index in [-0.39, 0.29) is 23.9 Å². The zero-order valence-corrected chi connectivity index (χ0v) is 22.8. The number of hydrogen-bond donors (Lipinski definition) is 0. The molecule has 4 rings (SSSR count). The molecule has 38 heavy (non-hydrogen) atoms. The highest BCUT2D eigenvalue weighted by Gasteiger charge is 2.30. The third kappa shape index (κ3) is 7.18. The third-order valence-electron chi connectivity index (χ3n) is 6.55. The van der Waals surface area contributed by atoms with Crippen molar-refractivity contribution < 1.29 is 13.2 Å². The van der Waals surface area contributed by atoms with Crippen LogP contribution in [0, 0.1) is 13.8 Å². The molecule has 0 saturated heterocycles. The van der Waals surface area contributed by atoms with Crippen LogP contribution in [-0.4, -0.2) is 36.6 Å². The Bertz CT molecular complexity index is 1400. The number of hydrogen-bond acceptors (Lipinski definition) is 3. The molecule has 0 aromatic heterocycles. The van der Waals surface area contributed by atoms with Crippen LogP contribution in [0.15, 0.2) is 114 Å². The lowest BCUT2D eigenvalue weighted by atomic mass is 10.1. The maximum Gasteiger partial charge on any atom is 0.243 e. The van der Waals surface area contributed by atoms with E-state index in [0.717, 1.165) is 22.3 Å². The zero-order valence-electron chi connectivity index (χ0n) is 22.0. The van der Waals surface area contributed by atoms with Gasteiger partial charge in [0.15, 0.2) is 0 Å². The summed E-state index contributed by atoms with van der Waals surface area (Å²) in [5.41, 5.74) is 4.53. The molecule has 0 bridgehead atoms. The van der Waals surface area contributed by atoms with Gasteiger partial charge in [0, 0.05) is 19.6 Å². The Morgan fingerprint density at radius 1 is 0.684 bits per heavy atom. The van der Waals surface area contributed by atoms with Crippen molar-refractivity contribution in [2.75, 3.05) is 13.1 Å². The number of benzene rings is 4. The van der Waals surface area contributed by atoms with Gasteiger partial charge in [-0.15, -0.1) is 0 Å². The van der Waals surface area contributed by atoms with Crippen LogP contribution in [0.2, 0.25) is 0 Å². The molecule has 1 amide bonds. The SMILES string of the molecule is Cc1ccc(C)c(S(=O)(=O)N(CCc2ccccc2)CC(=O)N(Cc2ccccc2)Cc2ccccc2)c1. The first kappa shape index (κ1) is 27.3. The first-order valence-corrected chi connectivity index (χ1v) is 14.2. The summed E-state index contributed by atoms with van der Waals surface area (Å²) in [4.78, 5) is 15.8. The van der Waals surface area contributed by atoms with Gasteiger partial charge in [-0.3, -0.25) is 4.79 Å². The molecule has 5 nitrogen and oxygen atoms in total. The smallest absolute Gasteiger partial charge is 0.243 e. The molecule has 196 valence electrons. The summed E-state index contributed by atoms with van der Waals surface area (Å²) in [6, 6.07) is 34.7. The second kappa shape index (κ2) is 12.7. The molecule has 0 aliphatic rings. The van der Waals surface area contributed by atoms with Crippen molar-refractivity contribution in [1.29, 1.82) is 0 Å². The Labute approximate surface area is 226 Å². The predicted molar refractivity (Wildman–Crippen MR) is 152 cm³/mol. The molecule has 4 aromatic carbocycles. The van der Waals surface area contributed by atoms with Crippen LogP contribution in [0.3, 0.4) is 0 Å². The normalized spacial score (nSPS) is 11.4. The van der Waals surface area contributed by atoms with E-state index in [1.807, 2.05) is 110 Å². The lowest BCUT2D eigenvalue weighted by Gasteiger charge is -2.28. The van der Waals surface area contributed by atoms with E-state index < -0.39 is 10.0 Å². The number of amides is 1. The average Bonchev–Trinajstić information content (AvgIpc) is 2.93. The van der Waals surface area contributed by atoms with Crippen molar-refractivity contribution in [2.24, 2.45) is 0 Å². The molecule has 0 atom stereocenters. The van der Waals surface area contributed by atoms with Gasteiger partial charge in [0.05, 0.1) is 11.4 Å². The Hall–Kier alpha value is -3.74. The van der Waals surface area contributed by atoms with Crippen LogP contribution in [-0.2, 0) is 34.3 Å². The molecule has 4 aromatic rings. The molecule has 0 N–H and O–H groups in total. The number of sulfonamides is 1. The highest BCUT2D eigenvalue weighted by molar-refractivity contribution is 7.89. The maximum atomic E-state index is 14.0. The van der Waals surface area contributed by atoms with Gasteiger partial charge in [0.1, 0.15) is 0 Å². The van der Waals surface area contributed by atoms with Gasteiger partial charge in [-0.05, 0) is 54.2 Å². The van der Waals surface area contributed by atoms with E-state index in [9.17, 15) is 13.2 Å². The zero-order chi connectivity index (χ0) is 27.0. The van der Waals surface area contributed by atoms with Gasteiger partial charge in [-0.2, -0.15) is 4.31 Å². The van der Waals surface area contributed by atoms with Crippen molar-refractivity contribution in [3.8, 4) is 0 Å². The van der Waals surface area contributed by atoms with Crippen LogP contribution in [0.5, 0.6) is 0 Å². The second-order valence-electron chi connectivity index (χ2n) is 9.56. The lowest BCUT2D eigenvalue weighted by molar-refractivity contribution is -0.132. The minimum atomic E-state index is -3.91. The van der Waals surface area contributed by atoms with E-state index in [2.05, 4.69) is 0 Å². The fourth-order valence-corrected chi connectivity index (χ4v) is 6.10. The van der Waals surface area contributed by atoms with E-state index >= 15 is 0 Å². The minimum absolute atomic E-state index is 0.204. The van der Waals surface area contributed by atoms with Crippen molar-refractivity contribution in [3.05, 3.63) is 137 Å². The van der Waals surface area contributed by atoms with Gasteiger partial charge < -0.3 is 4.90 Å². The fraction of sp³-hybridized carbons (Fsp3) is 0.219. The minimum Gasteiger partial charge on any atom is -0.333 e. The Morgan fingerprint density at radius 2 is 1.18 bits per heavy atom. The summed E-state index contributed by atoms with van der Waals surface area (Å²) in [6.45, 7) is 4.42. The van der Waals surface area contributed by atoms with E-state index in [1.54, 1.807) is 17.9 Å². The maximum absolute atomic E-state index is 14.0. The standard InChI is InChI=1S/C32H34N2O3S/c1-26-18-19-27(2)31(22-26)38(36,37)34(21-20-28-12-6-3-7-13-28)25-32(35)33(23-29-14-8-4-9-15-29)24-30-16-10-5-11-17-30/h3-19,22H,20-21,23-25H2,1-2H3. The molecule has 0 radical (unpaired) electrons. The molecular weight excluding hydrogens is 492 g/mol. The van der Waals surface area contributed by atoms with Crippen LogP contribution < -0.4 is 0 Å². The molecule has 0 fully saturated rings. The van der Waals surface area contributed by atoms with Crippen molar-refractivity contribution in [2.45, 2.75) is 38.3 Å². The van der Waals surface area contributed by atoms with Crippen LogP contribution in [0.1, 0.15) is 27.8 Å². The molecule has 0 unspecified atom stereocenters. The highest BCUT2D eigenvalue weighted by atomic mass is 32.2. The summed E-state index contributed by atoms with van der Waals surface area (Å²) in [5.74, 6) is -0.236. The summed E-state index contributed by atoms with van der Waals surface area (Å²) < 4.78 is 29.3. The van der Waals surface area contributed by atoms with Crippen LogP contribution >= 0.6 is 0 Å². The average molecular weight is 527 g/mol. The lowest BCUT2D eigenvalue weighted by Crippen LogP contribution is -2.43. The van der Waals surface area contributed by atoms with Crippen molar-refractivity contribution in [1.82, 2.24) is 9.21 Å². The summed E-state index contributed by atoms with van der Waals surface area (Å²) in [6.07, 6.45) is 0.510. The number of carbonyl (C=O) groups excluding carboxylic acids is 1. The summed E-state index contributed by atoms with van der Waals surface area (Å²) in [5, 5.41) is 0. The second-order valence-corrected chi connectivity index (χ2v) is 11.5. The highest BCUT2D eigenvalue weighted by Crippen LogP contribution is 2.22. The van der Waals surface area contributed by atoms with Crippen LogP contribution in [0.4, 0.5) is 0 Å². The Morgan fingerprint density at radius 3 is 1.71 bits per heavy atom. The largest absolute Gasteiger partial charge is 0.333 e. The molecule has 0 aliphatic carbocycles. The van der Waals surface area contributed by atoms with Gasteiger partial charge in [-0.1, -0.05) is 103 Å². The molecule has 6 heteroatoms. The number of carbonyl (C=O) groups is 1. The van der Waals surface area contributed by atoms with Gasteiger partial charge in [0.25, 0.3) is 0 Å². The Kier molecular flexibility index (Phi) is 9.10. The monoisotopic (exact) mass is 526 g/mol. The number of rotatable bonds is 11. The van der Waals surface area contributed by atoms with E-state index in [4.69, 9.17) is 0 Å². The van der Waals surface area contributed by atoms with E-state index in [0.29, 0.717) is 25.1 Å². The molecule has 0 heterocycles. The first-order chi connectivity index (χ1) is 18.3. The quantitative estimate of drug-likeness (QED) is 0.249. The number of aryl methyl sites for hydroxylation is 2. The van der Waals surface area contributed by atoms with Gasteiger partial charge in [-0.25, -0.2) is 8.42 Å². The summed E-state index contributed by atoms with van der Waals surface area (Å²) in [7, 11) is -3.91.